The lowest BCUT2D eigenvalue weighted by Crippen LogP contribution is -2.18. The number of benzene rings is 1. The first-order chi connectivity index (χ1) is 9.24. The van der Waals surface area contributed by atoms with E-state index in [2.05, 4.69) is 36.3 Å². The average Bonchev–Trinajstić information content (AvgIpc) is 2.89. The highest BCUT2D eigenvalue weighted by molar-refractivity contribution is 7.09. The molecule has 1 aromatic carbocycles. The van der Waals surface area contributed by atoms with Crippen LogP contribution in [-0.2, 0) is 13.2 Å². The Morgan fingerprint density at radius 3 is 3.00 bits per heavy atom. The lowest BCUT2D eigenvalue weighted by molar-refractivity contribution is 0.305. The van der Waals surface area contributed by atoms with Gasteiger partial charge in [-0.15, -0.1) is 11.3 Å². The third-order valence-corrected chi connectivity index (χ3v) is 3.38. The second-order valence-corrected chi connectivity index (χ2v) is 5.87. The van der Waals surface area contributed by atoms with Crippen molar-refractivity contribution in [3.8, 4) is 5.75 Å². The van der Waals surface area contributed by atoms with Crippen LogP contribution in [0.1, 0.15) is 24.4 Å². The first-order valence-corrected chi connectivity index (χ1v) is 7.43. The molecule has 0 atom stereocenters. The molecular formula is C15H20N2OS. The molecule has 19 heavy (non-hydrogen) atoms. The van der Waals surface area contributed by atoms with Crippen molar-refractivity contribution < 1.29 is 4.74 Å². The smallest absolute Gasteiger partial charge is 0.140 e. The van der Waals surface area contributed by atoms with Gasteiger partial charge in [-0.2, -0.15) is 0 Å². The lowest BCUT2D eigenvalue weighted by atomic mass is 10.2. The van der Waals surface area contributed by atoms with Crippen LogP contribution in [0.25, 0.3) is 0 Å². The Hall–Kier alpha value is -1.39. The van der Waals surface area contributed by atoms with E-state index in [1.807, 2.05) is 17.5 Å². The number of aromatic nitrogens is 1. The maximum Gasteiger partial charge on any atom is 0.140 e. The molecule has 1 N–H and O–H groups in total. The molecule has 0 saturated heterocycles. The number of nitrogens with zero attached hydrogens (tertiary/aromatic N) is 1. The number of ether oxygens (including phenoxy) is 1. The molecular weight excluding hydrogens is 256 g/mol. The van der Waals surface area contributed by atoms with Crippen molar-refractivity contribution in [2.45, 2.75) is 27.0 Å². The summed E-state index contributed by atoms with van der Waals surface area (Å²) in [7, 11) is 0. The van der Waals surface area contributed by atoms with Gasteiger partial charge in [0.2, 0.25) is 0 Å². The Morgan fingerprint density at radius 2 is 2.26 bits per heavy atom. The Labute approximate surface area is 118 Å². The lowest BCUT2D eigenvalue weighted by Gasteiger charge is -2.09. The molecule has 0 saturated carbocycles. The minimum Gasteiger partial charge on any atom is -0.486 e. The van der Waals surface area contributed by atoms with Crippen molar-refractivity contribution in [3.05, 3.63) is 46.4 Å². The van der Waals surface area contributed by atoms with Gasteiger partial charge in [-0.1, -0.05) is 26.0 Å². The number of thiazole rings is 1. The van der Waals surface area contributed by atoms with E-state index in [0.29, 0.717) is 12.5 Å². The number of hydrogen-bond acceptors (Lipinski definition) is 4. The topological polar surface area (TPSA) is 34.1 Å². The second kappa shape index (κ2) is 7.26. The number of hydrogen-bond donors (Lipinski definition) is 1. The van der Waals surface area contributed by atoms with E-state index >= 15 is 0 Å². The fourth-order valence-electron chi connectivity index (χ4n) is 1.72. The average molecular weight is 276 g/mol. The third-order valence-electron chi connectivity index (χ3n) is 2.63. The van der Waals surface area contributed by atoms with E-state index in [9.17, 15) is 0 Å². The molecule has 0 bridgehead atoms. The largest absolute Gasteiger partial charge is 0.486 e. The van der Waals surface area contributed by atoms with Crippen LogP contribution in [0, 0.1) is 5.92 Å². The zero-order chi connectivity index (χ0) is 13.5. The summed E-state index contributed by atoms with van der Waals surface area (Å²) in [5.41, 5.74) is 1.25. The highest BCUT2D eigenvalue weighted by Gasteiger charge is 2.00. The van der Waals surface area contributed by atoms with Crippen LogP contribution in [0.5, 0.6) is 5.75 Å². The zero-order valence-corrected chi connectivity index (χ0v) is 12.2. The number of rotatable bonds is 7. The summed E-state index contributed by atoms with van der Waals surface area (Å²) in [5, 5.41) is 6.40. The Bertz CT molecular complexity index is 483. The van der Waals surface area contributed by atoms with Crippen LogP contribution in [0.4, 0.5) is 0 Å². The van der Waals surface area contributed by atoms with Gasteiger partial charge < -0.3 is 10.1 Å². The van der Waals surface area contributed by atoms with Crippen molar-refractivity contribution in [1.29, 1.82) is 0 Å². The third kappa shape index (κ3) is 5.01. The SMILES string of the molecule is CC(C)CNCc1cccc(OCc2nccs2)c1. The van der Waals surface area contributed by atoms with Crippen LogP contribution in [-0.4, -0.2) is 11.5 Å². The summed E-state index contributed by atoms with van der Waals surface area (Å²) >= 11 is 1.61. The summed E-state index contributed by atoms with van der Waals surface area (Å²) in [6.45, 7) is 6.87. The molecule has 0 aliphatic heterocycles. The summed E-state index contributed by atoms with van der Waals surface area (Å²) < 4.78 is 5.74. The van der Waals surface area contributed by atoms with E-state index in [4.69, 9.17) is 4.74 Å². The molecule has 0 aliphatic rings. The maximum atomic E-state index is 5.74. The fraction of sp³-hybridized carbons (Fsp3) is 0.400. The van der Waals surface area contributed by atoms with Gasteiger partial charge in [-0.3, -0.25) is 0 Å². The first kappa shape index (κ1) is 14.0. The fourth-order valence-corrected chi connectivity index (χ4v) is 2.25. The molecule has 0 spiro atoms. The molecule has 0 amide bonds. The monoisotopic (exact) mass is 276 g/mol. The van der Waals surface area contributed by atoms with Gasteiger partial charge in [0.25, 0.3) is 0 Å². The summed E-state index contributed by atoms with van der Waals surface area (Å²) in [6, 6.07) is 8.22. The molecule has 4 heteroatoms. The van der Waals surface area contributed by atoms with Crippen molar-refractivity contribution in [2.75, 3.05) is 6.54 Å². The summed E-state index contributed by atoms with van der Waals surface area (Å²) in [6.07, 6.45) is 1.80. The quantitative estimate of drug-likeness (QED) is 0.841. The molecule has 1 aromatic heterocycles. The van der Waals surface area contributed by atoms with Crippen LogP contribution >= 0.6 is 11.3 Å². The van der Waals surface area contributed by atoms with Crippen LogP contribution in [0.15, 0.2) is 35.8 Å². The van der Waals surface area contributed by atoms with Gasteiger partial charge in [-0.05, 0) is 30.2 Å². The van der Waals surface area contributed by atoms with E-state index in [0.717, 1.165) is 23.8 Å². The highest BCUT2D eigenvalue weighted by Crippen LogP contribution is 2.16. The van der Waals surface area contributed by atoms with E-state index < -0.39 is 0 Å². The second-order valence-electron chi connectivity index (χ2n) is 4.89. The van der Waals surface area contributed by atoms with E-state index in [1.54, 1.807) is 17.5 Å². The van der Waals surface area contributed by atoms with Crippen molar-refractivity contribution >= 4 is 11.3 Å². The van der Waals surface area contributed by atoms with Gasteiger partial charge >= 0.3 is 0 Å². The van der Waals surface area contributed by atoms with Gasteiger partial charge in [0.1, 0.15) is 17.4 Å². The standard InChI is InChI=1S/C15H20N2OS/c1-12(2)9-16-10-13-4-3-5-14(8-13)18-11-15-17-6-7-19-15/h3-8,12,16H,9-11H2,1-2H3. The molecule has 2 rings (SSSR count). The van der Waals surface area contributed by atoms with Gasteiger partial charge in [0.15, 0.2) is 0 Å². The maximum absolute atomic E-state index is 5.74. The summed E-state index contributed by atoms with van der Waals surface area (Å²) in [5.74, 6) is 1.57. The molecule has 102 valence electrons. The van der Waals surface area contributed by atoms with Crippen LogP contribution < -0.4 is 10.1 Å². The Morgan fingerprint density at radius 1 is 1.37 bits per heavy atom. The molecule has 0 fully saturated rings. The predicted molar refractivity (Wildman–Crippen MR) is 79.4 cm³/mol. The minimum absolute atomic E-state index is 0.542. The zero-order valence-electron chi connectivity index (χ0n) is 11.4. The highest BCUT2D eigenvalue weighted by atomic mass is 32.1. The van der Waals surface area contributed by atoms with Crippen LogP contribution in [0.2, 0.25) is 0 Å². The Kier molecular flexibility index (Phi) is 5.36. The van der Waals surface area contributed by atoms with Gasteiger partial charge in [-0.25, -0.2) is 4.98 Å². The normalized spacial score (nSPS) is 10.9. The Balaban J connectivity index is 1.84. The molecule has 0 unspecified atom stereocenters. The van der Waals surface area contributed by atoms with E-state index in [-0.39, 0.29) is 0 Å². The van der Waals surface area contributed by atoms with Gasteiger partial charge in [0.05, 0.1) is 0 Å². The molecule has 0 aliphatic carbocycles. The summed E-state index contributed by atoms with van der Waals surface area (Å²) in [4.78, 5) is 4.20. The molecule has 3 nitrogen and oxygen atoms in total. The predicted octanol–water partition coefficient (Wildman–Crippen LogP) is 3.47. The van der Waals surface area contributed by atoms with Gasteiger partial charge in [0, 0.05) is 18.1 Å². The van der Waals surface area contributed by atoms with Crippen LogP contribution in [0.3, 0.4) is 0 Å². The molecule has 0 radical (unpaired) electrons. The first-order valence-electron chi connectivity index (χ1n) is 6.55. The molecule has 2 aromatic rings. The minimum atomic E-state index is 0.542. The number of nitrogens with one attached hydrogen (secondary N) is 1. The van der Waals surface area contributed by atoms with Crippen molar-refractivity contribution in [1.82, 2.24) is 10.3 Å². The van der Waals surface area contributed by atoms with E-state index in [1.165, 1.54) is 5.56 Å². The van der Waals surface area contributed by atoms with Crippen molar-refractivity contribution in [3.63, 3.8) is 0 Å². The molecule has 1 heterocycles. The van der Waals surface area contributed by atoms with Crippen molar-refractivity contribution in [2.24, 2.45) is 5.92 Å².